The summed E-state index contributed by atoms with van der Waals surface area (Å²) in [4.78, 5) is 0. The minimum atomic E-state index is -0.285. The summed E-state index contributed by atoms with van der Waals surface area (Å²) in [6, 6.07) is 6.27. The lowest BCUT2D eigenvalue weighted by molar-refractivity contribution is 0.162. The van der Waals surface area contributed by atoms with Crippen LogP contribution in [0.25, 0.3) is 0 Å². The van der Waals surface area contributed by atoms with Crippen LogP contribution in [0, 0.1) is 13.8 Å². The van der Waals surface area contributed by atoms with Crippen LogP contribution in [0.15, 0.2) is 18.2 Å². The summed E-state index contributed by atoms with van der Waals surface area (Å²) in [5, 5.41) is 10.4. The topological polar surface area (TPSA) is 20.2 Å². The summed E-state index contributed by atoms with van der Waals surface area (Å²) in [6.07, 6.45) is 21.4. The molecule has 1 aromatic carbocycles. The maximum absolute atomic E-state index is 10.4. The third kappa shape index (κ3) is 11.6. The second-order valence-electron chi connectivity index (χ2n) is 8.54. The number of hydrogen-bond acceptors (Lipinski definition) is 1. The Labute approximate surface area is 170 Å². The fourth-order valence-electron chi connectivity index (χ4n) is 4.00. The van der Waals surface area contributed by atoms with Gasteiger partial charge >= 0.3 is 0 Å². The van der Waals surface area contributed by atoms with Gasteiger partial charge in [-0.1, -0.05) is 121 Å². The van der Waals surface area contributed by atoms with Crippen molar-refractivity contribution in [2.24, 2.45) is 0 Å². The van der Waals surface area contributed by atoms with E-state index in [1.165, 1.54) is 101 Å². The first kappa shape index (κ1) is 24.2. The number of unbranched alkanes of at least 4 members (excludes halogenated alkanes) is 14. The predicted molar refractivity (Wildman–Crippen MR) is 120 cm³/mol. The van der Waals surface area contributed by atoms with Crippen LogP contribution in [0.5, 0.6) is 0 Å². The lowest BCUT2D eigenvalue weighted by atomic mass is 9.95. The van der Waals surface area contributed by atoms with Gasteiger partial charge in [-0.25, -0.2) is 0 Å². The molecule has 0 aliphatic carbocycles. The Balaban J connectivity index is 1.88. The summed E-state index contributed by atoms with van der Waals surface area (Å²) < 4.78 is 0. The van der Waals surface area contributed by atoms with Crippen molar-refractivity contribution >= 4 is 0 Å². The van der Waals surface area contributed by atoms with Crippen molar-refractivity contribution in [3.8, 4) is 0 Å². The summed E-state index contributed by atoms with van der Waals surface area (Å²) >= 11 is 0. The van der Waals surface area contributed by atoms with Gasteiger partial charge in [0.05, 0.1) is 6.10 Å². The Kier molecular flexibility index (Phi) is 14.5. The quantitative estimate of drug-likeness (QED) is 0.271. The lowest BCUT2D eigenvalue weighted by Gasteiger charge is -2.15. The van der Waals surface area contributed by atoms with Gasteiger partial charge in [-0.05, 0) is 37.0 Å². The van der Waals surface area contributed by atoms with E-state index in [0.29, 0.717) is 0 Å². The first-order chi connectivity index (χ1) is 13.2. The van der Waals surface area contributed by atoms with E-state index in [0.717, 1.165) is 18.4 Å². The molecule has 1 unspecified atom stereocenters. The van der Waals surface area contributed by atoms with Crippen LogP contribution in [-0.2, 0) is 0 Å². The normalized spacial score (nSPS) is 12.4. The average molecular weight is 375 g/mol. The molecule has 0 fully saturated rings. The summed E-state index contributed by atoms with van der Waals surface area (Å²) in [5.41, 5.74) is 3.66. The van der Waals surface area contributed by atoms with Crippen LogP contribution < -0.4 is 0 Å². The summed E-state index contributed by atoms with van der Waals surface area (Å²) in [5.74, 6) is 0. The first-order valence-corrected chi connectivity index (χ1v) is 11.9. The Morgan fingerprint density at radius 2 is 1.11 bits per heavy atom. The molecule has 0 spiro atoms. The minimum absolute atomic E-state index is 0.285. The molecule has 0 aliphatic heterocycles. The monoisotopic (exact) mass is 374 g/mol. The van der Waals surface area contributed by atoms with Crippen molar-refractivity contribution in [2.45, 2.75) is 130 Å². The van der Waals surface area contributed by atoms with Crippen molar-refractivity contribution in [1.82, 2.24) is 0 Å². The van der Waals surface area contributed by atoms with E-state index < -0.39 is 0 Å². The zero-order valence-electron chi connectivity index (χ0n) is 18.6. The standard InChI is InChI=1S/C26H46O/c1-4-5-6-7-8-9-10-11-12-13-14-15-16-17-18-22-26(27)25-21-19-20-23(2)24(25)3/h19-21,26-27H,4-18,22H2,1-3H3. The first-order valence-electron chi connectivity index (χ1n) is 11.9. The van der Waals surface area contributed by atoms with Crippen molar-refractivity contribution in [1.29, 1.82) is 0 Å². The lowest BCUT2D eigenvalue weighted by Crippen LogP contribution is -2.01. The van der Waals surface area contributed by atoms with Crippen LogP contribution in [0.2, 0.25) is 0 Å². The van der Waals surface area contributed by atoms with Gasteiger partial charge in [0.2, 0.25) is 0 Å². The highest BCUT2D eigenvalue weighted by atomic mass is 16.3. The van der Waals surface area contributed by atoms with E-state index in [4.69, 9.17) is 0 Å². The minimum Gasteiger partial charge on any atom is -0.388 e. The maximum Gasteiger partial charge on any atom is 0.0792 e. The highest BCUT2D eigenvalue weighted by molar-refractivity contribution is 5.34. The molecule has 0 aromatic heterocycles. The molecule has 1 heteroatoms. The molecular weight excluding hydrogens is 328 g/mol. The average Bonchev–Trinajstić information content (AvgIpc) is 2.67. The molecule has 1 N–H and O–H groups in total. The zero-order chi connectivity index (χ0) is 19.7. The molecule has 0 heterocycles. The zero-order valence-corrected chi connectivity index (χ0v) is 18.6. The van der Waals surface area contributed by atoms with E-state index >= 15 is 0 Å². The number of benzene rings is 1. The number of aryl methyl sites for hydroxylation is 1. The molecule has 1 atom stereocenters. The van der Waals surface area contributed by atoms with Crippen LogP contribution in [0.1, 0.15) is 132 Å². The van der Waals surface area contributed by atoms with E-state index in [1.54, 1.807) is 0 Å². The van der Waals surface area contributed by atoms with E-state index in [9.17, 15) is 5.11 Å². The van der Waals surface area contributed by atoms with Crippen LogP contribution in [0.3, 0.4) is 0 Å². The van der Waals surface area contributed by atoms with E-state index in [1.807, 2.05) is 0 Å². The number of rotatable bonds is 17. The third-order valence-corrected chi connectivity index (χ3v) is 6.09. The molecule has 1 rings (SSSR count). The molecule has 0 bridgehead atoms. The molecule has 156 valence electrons. The summed E-state index contributed by atoms with van der Waals surface area (Å²) in [7, 11) is 0. The Bertz CT molecular complexity index is 465. The number of hydrogen-bond donors (Lipinski definition) is 1. The fourth-order valence-corrected chi connectivity index (χ4v) is 4.00. The van der Waals surface area contributed by atoms with Crippen molar-refractivity contribution in [3.63, 3.8) is 0 Å². The molecule has 0 aliphatic rings. The van der Waals surface area contributed by atoms with Crippen LogP contribution in [0.4, 0.5) is 0 Å². The smallest absolute Gasteiger partial charge is 0.0792 e. The molecule has 1 nitrogen and oxygen atoms in total. The molecule has 0 radical (unpaired) electrons. The predicted octanol–water partition coefficient (Wildman–Crippen LogP) is 8.60. The van der Waals surface area contributed by atoms with Gasteiger partial charge in [0, 0.05) is 0 Å². The maximum atomic E-state index is 10.4. The number of aliphatic hydroxyl groups excluding tert-OH is 1. The second-order valence-corrected chi connectivity index (χ2v) is 8.54. The Morgan fingerprint density at radius 1 is 0.667 bits per heavy atom. The molecule has 0 saturated heterocycles. The molecule has 1 aromatic rings. The van der Waals surface area contributed by atoms with Gasteiger partial charge in [-0.2, -0.15) is 0 Å². The number of aliphatic hydroxyl groups is 1. The molecular formula is C26H46O. The molecule has 27 heavy (non-hydrogen) atoms. The Hall–Kier alpha value is -0.820. The van der Waals surface area contributed by atoms with E-state index in [-0.39, 0.29) is 6.10 Å². The third-order valence-electron chi connectivity index (χ3n) is 6.09. The molecule has 0 saturated carbocycles. The largest absolute Gasteiger partial charge is 0.388 e. The van der Waals surface area contributed by atoms with Gasteiger partial charge in [0.15, 0.2) is 0 Å². The van der Waals surface area contributed by atoms with Crippen molar-refractivity contribution < 1.29 is 5.11 Å². The van der Waals surface area contributed by atoms with Crippen molar-refractivity contribution in [2.75, 3.05) is 0 Å². The van der Waals surface area contributed by atoms with Gasteiger partial charge in [-0.3, -0.25) is 0 Å². The summed E-state index contributed by atoms with van der Waals surface area (Å²) in [6.45, 7) is 6.54. The van der Waals surface area contributed by atoms with Crippen molar-refractivity contribution in [3.05, 3.63) is 34.9 Å². The highest BCUT2D eigenvalue weighted by Crippen LogP contribution is 2.25. The van der Waals surface area contributed by atoms with Gasteiger partial charge < -0.3 is 5.11 Å². The van der Waals surface area contributed by atoms with Gasteiger partial charge in [-0.15, -0.1) is 0 Å². The van der Waals surface area contributed by atoms with E-state index in [2.05, 4.69) is 39.0 Å². The SMILES string of the molecule is CCCCCCCCCCCCCCCCCC(O)c1cccc(C)c1C. The molecule has 0 amide bonds. The van der Waals surface area contributed by atoms with Crippen LogP contribution >= 0.6 is 0 Å². The fraction of sp³-hybridized carbons (Fsp3) is 0.769. The van der Waals surface area contributed by atoms with Gasteiger partial charge in [0.1, 0.15) is 0 Å². The van der Waals surface area contributed by atoms with Gasteiger partial charge in [0.25, 0.3) is 0 Å². The highest BCUT2D eigenvalue weighted by Gasteiger charge is 2.10. The Morgan fingerprint density at radius 3 is 1.59 bits per heavy atom. The second kappa shape index (κ2) is 16.2. The van der Waals surface area contributed by atoms with Crippen LogP contribution in [-0.4, -0.2) is 5.11 Å².